The van der Waals surface area contributed by atoms with Crippen molar-refractivity contribution in [2.24, 2.45) is 11.8 Å². The van der Waals surface area contributed by atoms with Gasteiger partial charge in [-0.2, -0.15) is 0 Å². The van der Waals surface area contributed by atoms with E-state index in [9.17, 15) is 9.59 Å². The molecular formula is C14H26N2O3. The van der Waals surface area contributed by atoms with Crippen LogP contribution < -0.4 is 10.6 Å². The molecule has 1 amide bonds. The lowest BCUT2D eigenvalue weighted by Crippen LogP contribution is -2.53. The first-order valence-corrected chi connectivity index (χ1v) is 7.05. The number of carbonyl (C=O) groups excluding carboxylic acids is 2. The van der Waals surface area contributed by atoms with Gasteiger partial charge in [0.1, 0.15) is 6.04 Å². The number of nitrogens with one attached hydrogen (secondary N) is 2. The fraction of sp³-hybridized carbons (Fsp3) is 0.857. The Morgan fingerprint density at radius 2 is 2.11 bits per heavy atom. The molecule has 1 saturated heterocycles. The molecule has 3 unspecified atom stereocenters. The fourth-order valence-electron chi connectivity index (χ4n) is 2.41. The van der Waals surface area contributed by atoms with Gasteiger partial charge in [0.2, 0.25) is 5.91 Å². The van der Waals surface area contributed by atoms with E-state index >= 15 is 0 Å². The predicted octanol–water partition coefficient (Wildman–Crippen LogP) is 1.08. The van der Waals surface area contributed by atoms with Gasteiger partial charge in [0.05, 0.1) is 13.2 Å². The number of carbonyl (C=O) groups is 2. The third kappa shape index (κ3) is 5.19. The first kappa shape index (κ1) is 16.0. The van der Waals surface area contributed by atoms with Crippen molar-refractivity contribution >= 4 is 11.9 Å². The van der Waals surface area contributed by atoms with E-state index in [4.69, 9.17) is 4.74 Å². The van der Waals surface area contributed by atoms with E-state index < -0.39 is 6.04 Å². The summed E-state index contributed by atoms with van der Waals surface area (Å²) in [5.41, 5.74) is 0. The number of esters is 1. The average Bonchev–Trinajstić information content (AvgIpc) is 2.36. The van der Waals surface area contributed by atoms with Gasteiger partial charge < -0.3 is 15.4 Å². The second-order valence-electron chi connectivity index (χ2n) is 5.85. The minimum atomic E-state index is -0.545. The molecule has 0 saturated carbocycles. The summed E-state index contributed by atoms with van der Waals surface area (Å²) < 4.78 is 4.75. The minimum Gasteiger partial charge on any atom is -0.467 e. The molecule has 1 aliphatic heterocycles. The molecule has 19 heavy (non-hydrogen) atoms. The lowest BCUT2D eigenvalue weighted by Gasteiger charge is -2.28. The van der Waals surface area contributed by atoms with Crippen molar-refractivity contribution < 1.29 is 14.3 Å². The van der Waals surface area contributed by atoms with Gasteiger partial charge in [-0.15, -0.1) is 0 Å². The van der Waals surface area contributed by atoms with Gasteiger partial charge in [0.25, 0.3) is 0 Å². The number of hydrogen-bond donors (Lipinski definition) is 2. The zero-order valence-corrected chi connectivity index (χ0v) is 12.4. The molecule has 5 heteroatoms. The number of rotatable bonds is 5. The molecule has 110 valence electrons. The first-order chi connectivity index (χ1) is 8.93. The van der Waals surface area contributed by atoms with Crippen LogP contribution in [0.1, 0.15) is 40.0 Å². The summed E-state index contributed by atoms with van der Waals surface area (Å²) in [4.78, 5) is 23.8. The van der Waals surface area contributed by atoms with Crippen molar-refractivity contribution in [1.29, 1.82) is 0 Å². The van der Waals surface area contributed by atoms with Gasteiger partial charge in [-0.25, -0.2) is 4.79 Å². The number of ether oxygens (including phenoxy) is 1. The molecule has 0 spiro atoms. The largest absolute Gasteiger partial charge is 0.467 e. The number of hydrogen-bond acceptors (Lipinski definition) is 4. The summed E-state index contributed by atoms with van der Waals surface area (Å²) in [5, 5.41) is 6.01. The molecule has 1 heterocycles. The van der Waals surface area contributed by atoms with Crippen LogP contribution in [0.15, 0.2) is 0 Å². The smallest absolute Gasteiger partial charge is 0.328 e. The van der Waals surface area contributed by atoms with E-state index in [2.05, 4.69) is 17.6 Å². The van der Waals surface area contributed by atoms with Gasteiger partial charge in [-0.3, -0.25) is 4.79 Å². The second kappa shape index (κ2) is 7.48. The van der Waals surface area contributed by atoms with Crippen LogP contribution >= 0.6 is 0 Å². The quantitative estimate of drug-likeness (QED) is 0.734. The van der Waals surface area contributed by atoms with Crippen LogP contribution in [0.5, 0.6) is 0 Å². The Morgan fingerprint density at radius 1 is 1.42 bits per heavy atom. The van der Waals surface area contributed by atoms with Crippen LogP contribution in [-0.2, 0) is 14.3 Å². The molecule has 0 aromatic rings. The Hall–Kier alpha value is -1.10. The van der Waals surface area contributed by atoms with Gasteiger partial charge in [0, 0.05) is 0 Å². The van der Waals surface area contributed by atoms with Crippen molar-refractivity contribution in [1.82, 2.24) is 10.6 Å². The first-order valence-electron chi connectivity index (χ1n) is 7.05. The molecule has 2 N–H and O–H groups in total. The summed E-state index contributed by atoms with van der Waals surface area (Å²) in [5.74, 6) is 0.398. The fourth-order valence-corrected chi connectivity index (χ4v) is 2.41. The Balaban J connectivity index is 2.57. The minimum absolute atomic E-state index is 0.0948. The van der Waals surface area contributed by atoms with Crippen LogP contribution in [0.4, 0.5) is 0 Å². The van der Waals surface area contributed by atoms with E-state index in [0.717, 1.165) is 19.4 Å². The lowest BCUT2D eigenvalue weighted by atomic mass is 9.93. The summed E-state index contributed by atoms with van der Waals surface area (Å²) in [6, 6.07) is -0.736. The molecule has 5 nitrogen and oxygen atoms in total. The third-order valence-corrected chi connectivity index (χ3v) is 3.49. The van der Waals surface area contributed by atoms with E-state index in [1.165, 1.54) is 7.11 Å². The predicted molar refractivity (Wildman–Crippen MR) is 73.6 cm³/mol. The maximum Gasteiger partial charge on any atom is 0.328 e. The lowest BCUT2D eigenvalue weighted by molar-refractivity contribution is -0.145. The SMILES string of the molecule is COC(=O)C(CC(C)C)NC(=O)C1CC(C)CCN1. The summed E-state index contributed by atoms with van der Waals surface area (Å²) >= 11 is 0. The molecule has 0 aromatic carbocycles. The highest BCUT2D eigenvalue weighted by Crippen LogP contribution is 2.15. The van der Waals surface area contributed by atoms with Crippen LogP contribution in [0.25, 0.3) is 0 Å². The molecule has 0 bridgehead atoms. The molecule has 1 aliphatic rings. The Kier molecular flexibility index (Phi) is 6.28. The van der Waals surface area contributed by atoms with Gasteiger partial charge in [-0.05, 0) is 37.6 Å². The van der Waals surface area contributed by atoms with Crippen molar-refractivity contribution in [3.05, 3.63) is 0 Å². The van der Waals surface area contributed by atoms with Crippen molar-refractivity contribution in [3.8, 4) is 0 Å². The summed E-state index contributed by atoms with van der Waals surface area (Å²) in [6.45, 7) is 7.03. The van der Waals surface area contributed by atoms with Crippen molar-refractivity contribution in [3.63, 3.8) is 0 Å². The zero-order chi connectivity index (χ0) is 14.4. The Bertz CT molecular complexity index is 318. The maximum absolute atomic E-state index is 12.2. The second-order valence-corrected chi connectivity index (χ2v) is 5.85. The highest BCUT2D eigenvalue weighted by atomic mass is 16.5. The number of piperidine rings is 1. The molecule has 0 aliphatic carbocycles. The monoisotopic (exact) mass is 270 g/mol. The Labute approximate surface area is 115 Å². The maximum atomic E-state index is 12.2. The van der Waals surface area contributed by atoms with E-state index in [-0.39, 0.29) is 17.9 Å². The molecule has 0 radical (unpaired) electrons. The van der Waals surface area contributed by atoms with Gasteiger partial charge in [0.15, 0.2) is 0 Å². The molecule has 3 atom stereocenters. The highest BCUT2D eigenvalue weighted by molar-refractivity contribution is 5.87. The number of amides is 1. The van der Waals surface area contributed by atoms with Gasteiger partial charge in [-0.1, -0.05) is 20.8 Å². The summed E-state index contributed by atoms with van der Waals surface area (Å²) in [6.07, 6.45) is 2.51. The molecule has 0 aromatic heterocycles. The highest BCUT2D eigenvalue weighted by Gasteiger charge is 2.29. The van der Waals surface area contributed by atoms with Crippen LogP contribution in [-0.4, -0.2) is 37.6 Å². The normalized spacial score (nSPS) is 24.9. The number of methoxy groups -OCH3 is 1. The van der Waals surface area contributed by atoms with E-state index in [1.807, 2.05) is 13.8 Å². The van der Waals surface area contributed by atoms with Crippen molar-refractivity contribution in [2.45, 2.75) is 52.1 Å². The molecule has 1 rings (SSSR count). The van der Waals surface area contributed by atoms with Crippen LogP contribution in [0.3, 0.4) is 0 Å². The van der Waals surface area contributed by atoms with Crippen molar-refractivity contribution in [2.75, 3.05) is 13.7 Å². The van der Waals surface area contributed by atoms with E-state index in [1.54, 1.807) is 0 Å². The van der Waals surface area contributed by atoms with Crippen LogP contribution in [0, 0.1) is 11.8 Å². The average molecular weight is 270 g/mol. The van der Waals surface area contributed by atoms with Gasteiger partial charge >= 0.3 is 5.97 Å². The Morgan fingerprint density at radius 3 is 2.63 bits per heavy atom. The third-order valence-electron chi connectivity index (χ3n) is 3.49. The van der Waals surface area contributed by atoms with E-state index in [0.29, 0.717) is 18.3 Å². The molecule has 1 fully saturated rings. The zero-order valence-electron chi connectivity index (χ0n) is 12.4. The van der Waals surface area contributed by atoms with Crippen LogP contribution in [0.2, 0.25) is 0 Å². The topological polar surface area (TPSA) is 67.4 Å². The molecular weight excluding hydrogens is 244 g/mol. The summed E-state index contributed by atoms with van der Waals surface area (Å²) in [7, 11) is 1.35. The standard InChI is InChI=1S/C14H26N2O3/c1-9(2)7-12(14(18)19-4)16-13(17)11-8-10(3)5-6-15-11/h9-12,15H,5-8H2,1-4H3,(H,16,17).